The number of rotatable bonds is 7. The number of amides is 1. The fourth-order valence-corrected chi connectivity index (χ4v) is 3.57. The topological polar surface area (TPSA) is 66.7 Å². The summed E-state index contributed by atoms with van der Waals surface area (Å²) in [4.78, 5) is 31.7. The van der Waals surface area contributed by atoms with E-state index in [1.807, 2.05) is 24.3 Å². The molecule has 0 aliphatic rings. The van der Waals surface area contributed by atoms with Crippen LogP contribution in [0, 0.1) is 0 Å². The van der Waals surface area contributed by atoms with Crippen LogP contribution in [-0.4, -0.2) is 39.8 Å². The molecule has 6 nitrogen and oxygen atoms in total. The van der Waals surface area contributed by atoms with Gasteiger partial charge in [-0.1, -0.05) is 49.7 Å². The van der Waals surface area contributed by atoms with Gasteiger partial charge in [-0.05, 0) is 36.9 Å². The van der Waals surface area contributed by atoms with Gasteiger partial charge in [-0.2, -0.15) is 0 Å². The molecule has 0 saturated carbocycles. The number of fused-ring (bicyclic) bond motifs is 1. The second-order valence-electron chi connectivity index (χ2n) is 6.37. The van der Waals surface area contributed by atoms with Gasteiger partial charge in [0.1, 0.15) is 11.2 Å². The van der Waals surface area contributed by atoms with Crippen LogP contribution in [0.25, 0.3) is 5.65 Å². The van der Waals surface area contributed by atoms with E-state index in [2.05, 4.69) is 29.0 Å². The third-order valence-corrected chi connectivity index (χ3v) is 5.18. The largest absolute Gasteiger partial charge is 0.350 e. The first kappa shape index (κ1) is 20.0. The summed E-state index contributed by atoms with van der Waals surface area (Å²) in [6.07, 6.45) is 2.93. The van der Waals surface area contributed by atoms with Crippen molar-refractivity contribution in [3.8, 4) is 0 Å². The average Bonchev–Trinajstić information content (AvgIpc) is 2.72. The van der Waals surface area contributed by atoms with Crippen LogP contribution in [0.4, 0.5) is 0 Å². The molecule has 1 atom stereocenters. The van der Waals surface area contributed by atoms with Crippen LogP contribution in [0.15, 0.2) is 59.7 Å². The third kappa shape index (κ3) is 4.08. The zero-order valence-corrected chi connectivity index (χ0v) is 16.7. The molecule has 0 bridgehead atoms. The second-order valence-corrected chi connectivity index (χ2v) is 6.78. The number of aromatic nitrogens is 2. The van der Waals surface area contributed by atoms with Crippen molar-refractivity contribution in [3.05, 3.63) is 81.4 Å². The summed E-state index contributed by atoms with van der Waals surface area (Å²) >= 11 is 6.40. The Hall–Kier alpha value is -2.70. The summed E-state index contributed by atoms with van der Waals surface area (Å²) in [7, 11) is 0. The molecule has 2 aromatic heterocycles. The molecule has 7 heteroatoms. The molecule has 3 rings (SSSR count). The van der Waals surface area contributed by atoms with Crippen molar-refractivity contribution in [1.82, 2.24) is 19.6 Å². The molecule has 1 amide bonds. The standard InChI is InChI=1S/C21H23ClN4O2/c1-3-25(4-2)18(15-9-5-6-10-17(15)22)14-24-20(27)16-13-23-19-11-7-8-12-26(19)21(16)28/h5-13,18H,3-4,14H2,1-2H3,(H,24,27)/t18-/m1/s1. The molecule has 0 saturated heterocycles. The zero-order valence-electron chi connectivity index (χ0n) is 15.9. The molecule has 1 aromatic carbocycles. The molecule has 0 unspecified atom stereocenters. The van der Waals surface area contributed by atoms with Gasteiger partial charge >= 0.3 is 0 Å². The Morgan fingerprint density at radius 1 is 1.18 bits per heavy atom. The lowest BCUT2D eigenvalue weighted by molar-refractivity contribution is 0.0933. The lowest BCUT2D eigenvalue weighted by Gasteiger charge is -2.30. The van der Waals surface area contributed by atoms with Crippen LogP contribution < -0.4 is 10.9 Å². The quantitative estimate of drug-likeness (QED) is 0.663. The highest BCUT2D eigenvalue weighted by atomic mass is 35.5. The highest BCUT2D eigenvalue weighted by Gasteiger charge is 2.22. The number of nitrogens with zero attached hydrogens (tertiary/aromatic N) is 3. The molecule has 146 valence electrons. The number of nitrogens with one attached hydrogen (secondary N) is 1. The molecule has 0 fully saturated rings. The maximum Gasteiger partial charge on any atom is 0.270 e. The van der Waals surface area contributed by atoms with Gasteiger partial charge < -0.3 is 5.32 Å². The summed E-state index contributed by atoms with van der Waals surface area (Å²) < 4.78 is 1.37. The maximum atomic E-state index is 12.7. The van der Waals surface area contributed by atoms with Crippen molar-refractivity contribution < 1.29 is 4.79 Å². The van der Waals surface area contributed by atoms with E-state index in [-0.39, 0.29) is 17.2 Å². The van der Waals surface area contributed by atoms with E-state index in [0.717, 1.165) is 18.7 Å². The zero-order chi connectivity index (χ0) is 20.1. The summed E-state index contributed by atoms with van der Waals surface area (Å²) in [5, 5.41) is 3.54. The first-order valence-corrected chi connectivity index (χ1v) is 9.67. The van der Waals surface area contributed by atoms with E-state index in [4.69, 9.17) is 11.6 Å². The van der Waals surface area contributed by atoms with E-state index < -0.39 is 5.91 Å². The van der Waals surface area contributed by atoms with Crippen LogP contribution in [0.5, 0.6) is 0 Å². The fourth-order valence-electron chi connectivity index (χ4n) is 3.31. The minimum atomic E-state index is -0.444. The van der Waals surface area contributed by atoms with Gasteiger partial charge in [0.05, 0.1) is 6.04 Å². The molecule has 1 N–H and O–H groups in total. The van der Waals surface area contributed by atoms with Crippen molar-refractivity contribution in [1.29, 1.82) is 0 Å². The number of halogens is 1. The average molecular weight is 399 g/mol. The number of carbonyl (C=O) groups is 1. The van der Waals surface area contributed by atoms with Gasteiger partial charge in [0.2, 0.25) is 0 Å². The number of likely N-dealkylation sites (N-methyl/N-ethyl adjacent to an activating group) is 1. The lowest BCUT2D eigenvalue weighted by atomic mass is 10.0. The Kier molecular flexibility index (Phi) is 6.44. The number of pyridine rings is 1. The Morgan fingerprint density at radius 3 is 2.61 bits per heavy atom. The van der Waals surface area contributed by atoms with Crippen LogP contribution in [-0.2, 0) is 0 Å². The Labute approximate surface area is 168 Å². The van der Waals surface area contributed by atoms with Gasteiger partial charge in [0, 0.05) is 24.0 Å². The summed E-state index contributed by atoms with van der Waals surface area (Å²) in [6, 6.07) is 12.8. The number of hydrogen-bond donors (Lipinski definition) is 1. The van der Waals surface area contributed by atoms with E-state index >= 15 is 0 Å². The molecular formula is C21H23ClN4O2. The number of hydrogen-bond acceptors (Lipinski definition) is 4. The molecule has 0 aliphatic heterocycles. The molecule has 0 aliphatic carbocycles. The van der Waals surface area contributed by atoms with Crippen LogP contribution in [0.2, 0.25) is 5.02 Å². The monoisotopic (exact) mass is 398 g/mol. The van der Waals surface area contributed by atoms with Crippen molar-refractivity contribution in [3.63, 3.8) is 0 Å². The number of benzene rings is 1. The fraction of sp³-hybridized carbons (Fsp3) is 0.286. The minimum absolute atomic E-state index is 0.0150. The van der Waals surface area contributed by atoms with Gasteiger partial charge in [0.15, 0.2) is 0 Å². The van der Waals surface area contributed by atoms with Gasteiger partial charge in [0.25, 0.3) is 11.5 Å². The van der Waals surface area contributed by atoms with Crippen LogP contribution in [0.3, 0.4) is 0 Å². The second kappa shape index (κ2) is 8.99. The van der Waals surface area contributed by atoms with E-state index in [0.29, 0.717) is 17.2 Å². The normalized spacial score (nSPS) is 12.3. The minimum Gasteiger partial charge on any atom is -0.350 e. The molecule has 28 heavy (non-hydrogen) atoms. The van der Waals surface area contributed by atoms with Gasteiger partial charge in [-0.15, -0.1) is 0 Å². The summed E-state index contributed by atoms with van der Waals surface area (Å²) in [5.74, 6) is -0.444. The summed E-state index contributed by atoms with van der Waals surface area (Å²) in [6.45, 7) is 6.08. The van der Waals surface area contributed by atoms with E-state index in [9.17, 15) is 9.59 Å². The Balaban J connectivity index is 1.85. The predicted molar refractivity (Wildman–Crippen MR) is 111 cm³/mol. The predicted octanol–water partition coefficient (Wildman–Crippen LogP) is 3.16. The molecule has 2 heterocycles. The molecule has 0 radical (unpaired) electrons. The Morgan fingerprint density at radius 2 is 1.89 bits per heavy atom. The first-order valence-electron chi connectivity index (χ1n) is 9.29. The van der Waals surface area contributed by atoms with Gasteiger partial charge in [-0.3, -0.25) is 18.9 Å². The molecule has 3 aromatic rings. The maximum absolute atomic E-state index is 12.7. The molecule has 0 spiro atoms. The van der Waals surface area contributed by atoms with Gasteiger partial charge in [-0.25, -0.2) is 4.98 Å². The third-order valence-electron chi connectivity index (χ3n) is 4.83. The van der Waals surface area contributed by atoms with Crippen molar-refractivity contribution in [2.75, 3.05) is 19.6 Å². The van der Waals surface area contributed by atoms with E-state index in [1.165, 1.54) is 10.6 Å². The Bertz CT molecular complexity index is 1030. The van der Waals surface area contributed by atoms with Crippen LogP contribution >= 0.6 is 11.6 Å². The molecular weight excluding hydrogens is 376 g/mol. The highest BCUT2D eigenvalue weighted by Crippen LogP contribution is 2.27. The SMILES string of the molecule is CCN(CC)[C@H](CNC(=O)c1cnc2ccccn2c1=O)c1ccccc1Cl. The van der Waals surface area contributed by atoms with Crippen molar-refractivity contribution >= 4 is 23.2 Å². The number of carbonyl (C=O) groups excluding carboxylic acids is 1. The van der Waals surface area contributed by atoms with E-state index in [1.54, 1.807) is 24.4 Å². The lowest BCUT2D eigenvalue weighted by Crippen LogP contribution is -2.40. The smallest absolute Gasteiger partial charge is 0.270 e. The van der Waals surface area contributed by atoms with Crippen LogP contribution in [0.1, 0.15) is 35.8 Å². The first-order chi connectivity index (χ1) is 13.6. The highest BCUT2D eigenvalue weighted by molar-refractivity contribution is 6.31. The van der Waals surface area contributed by atoms with Crippen molar-refractivity contribution in [2.24, 2.45) is 0 Å². The van der Waals surface area contributed by atoms with Crippen molar-refractivity contribution in [2.45, 2.75) is 19.9 Å². The summed E-state index contributed by atoms with van der Waals surface area (Å²) in [5.41, 5.74) is 1.07.